The van der Waals surface area contributed by atoms with Gasteiger partial charge in [-0.1, -0.05) is 97.2 Å². The van der Waals surface area contributed by atoms with Gasteiger partial charge in [-0.2, -0.15) is 0 Å². The van der Waals surface area contributed by atoms with Gasteiger partial charge in [0.2, 0.25) is 0 Å². The molecule has 3 saturated carbocycles. The summed E-state index contributed by atoms with van der Waals surface area (Å²) < 4.78 is 32.4. The van der Waals surface area contributed by atoms with Gasteiger partial charge in [-0.15, -0.1) is 0 Å². The molecule has 3 aliphatic rings. The molecule has 3 aliphatic carbocycles. The average Bonchev–Trinajstić information content (AvgIpc) is 3.33. The maximum atomic E-state index is 11.9. The molecular formula is C57H84O9. The van der Waals surface area contributed by atoms with Crippen molar-refractivity contribution in [2.75, 3.05) is 41.2 Å². The number of hydrogen-bond acceptors (Lipinski definition) is 9. The molecule has 6 rings (SSSR count). The number of ether oxygens (including phenoxy) is 6. The largest absolute Gasteiger partial charge is 0.493 e. The van der Waals surface area contributed by atoms with Crippen LogP contribution >= 0.6 is 0 Å². The molecule has 9 heteroatoms. The first kappa shape index (κ1) is 54.1. The summed E-state index contributed by atoms with van der Waals surface area (Å²) in [5.74, 6) is 5.99. The van der Waals surface area contributed by atoms with Gasteiger partial charge in [0.15, 0.2) is 0 Å². The molecule has 0 spiro atoms. The molecule has 0 aliphatic heterocycles. The summed E-state index contributed by atoms with van der Waals surface area (Å²) >= 11 is 0. The second-order valence-electron chi connectivity index (χ2n) is 20.3. The van der Waals surface area contributed by atoms with E-state index in [9.17, 15) is 14.4 Å². The average molecular weight is 913 g/mol. The van der Waals surface area contributed by atoms with Gasteiger partial charge in [0.05, 0.1) is 58.9 Å². The van der Waals surface area contributed by atoms with Crippen LogP contribution in [0.3, 0.4) is 0 Å². The summed E-state index contributed by atoms with van der Waals surface area (Å²) in [6.07, 6.45) is 15.6. The number of carbonyl (C=O) groups is 3. The van der Waals surface area contributed by atoms with Gasteiger partial charge in [-0.05, 0) is 160 Å². The number of methoxy groups -OCH3 is 3. The van der Waals surface area contributed by atoms with Crippen molar-refractivity contribution in [2.24, 2.45) is 53.3 Å². The van der Waals surface area contributed by atoms with Gasteiger partial charge >= 0.3 is 17.9 Å². The van der Waals surface area contributed by atoms with E-state index in [0.717, 1.165) is 114 Å². The fraction of sp³-hybridized carbons (Fsp3) is 0.632. The minimum absolute atomic E-state index is 0.000959. The molecule has 0 heterocycles. The Hall–Kier alpha value is -4.53. The number of carbonyl (C=O) groups excluding carboxylic acids is 3. The van der Waals surface area contributed by atoms with Crippen molar-refractivity contribution in [3.05, 3.63) is 89.5 Å². The third-order valence-electron chi connectivity index (χ3n) is 13.2. The zero-order chi connectivity index (χ0) is 47.8. The lowest BCUT2D eigenvalue weighted by Gasteiger charge is -2.29. The van der Waals surface area contributed by atoms with E-state index in [1.807, 2.05) is 12.1 Å². The number of rotatable bonds is 18. The van der Waals surface area contributed by atoms with Crippen molar-refractivity contribution in [3.63, 3.8) is 0 Å². The molecule has 3 fully saturated rings. The fourth-order valence-electron chi connectivity index (χ4n) is 9.63. The summed E-state index contributed by atoms with van der Waals surface area (Å²) in [7, 11) is 4.42. The number of esters is 3. The number of benzene rings is 3. The van der Waals surface area contributed by atoms with Crippen molar-refractivity contribution >= 4 is 17.9 Å². The van der Waals surface area contributed by atoms with Crippen molar-refractivity contribution in [3.8, 4) is 17.2 Å². The monoisotopic (exact) mass is 913 g/mol. The van der Waals surface area contributed by atoms with E-state index in [-0.39, 0.29) is 41.6 Å². The summed E-state index contributed by atoms with van der Waals surface area (Å²) in [6.45, 7) is 15.4. The Balaban J connectivity index is 0.000000216. The molecule has 0 aromatic heterocycles. The van der Waals surface area contributed by atoms with Crippen LogP contribution in [0.4, 0.5) is 0 Å². The van der Waals surface area contributed by atoms with Crippen LogP contribution in [0.15, 0.2) is 72.8 Å². The third kappa shape index (κ3) is 19.7. The molecule has 3 aromatic carbocycles. The van der Waals surface area contributed by atoms with E-state index < -0.39 is 0 Å². The van der Waals surface area contributed by atoms with E-state index in [0.29, 0.717) is 42.8 Å². The van der Waals surface area contributed by atoms with E-state index in [4.69, 9.17) is 28.4 Å². The predicted octanol–water partition coefficient (Wildman–Crippen LogP) is 12.7. The molecule has 9 nitrogen and oxygen atoms in total. The highest BCUT2D eigenvalue weighted by Gasteiger charge is 2.32. The zero-order valence-corrected chi connectivity index (χ0v) is 42.0. The van der Waals surface area contributed by atoms with Gasteiger partial charge in [-0.25, -0.2) is 0 Å². The van der Waals surface area contributed by atoms with Gasteiger partial charge in [0, 0.05) is 5.92 Å². The van der Waals surface area contributed by atoms with Gasteiger partial charge in [0.25, 0.3) is 0 Å². The van der Waals surface area contributed by atoms with Crippen LogP contribution < -0.4 is 14.2 Å². The first-order chi connectivity index (χ1) is 31.8. The standard InChI is InChI=1S/3C19H28O3/c1-14(2)12-15-6-10-18(11-7-15)22-13-16-4-8-17(9-5-16)19(20)21-3;1-14(2)11-15-7-9-18(10-8-15)22-13-16-5-4-6-17(12-16)19(20)21-3;1-14(2)12-15-8-10-17(11-9-15)22-13-16-6-4-5-7-18(16)19(20)21-3/h6-7,10-11,14,16-17H,4-5,8-9,12-13H2,1-3H3;7-10,14,16-17H,4-6,11-13H2,1-3H3;8-11,14,16,18H,4-7,12-13H2,1-3H3/t;16-,17+;16-,18+/m.10/s1. The Kier molecular flexibility index (Phi) is 24.0. The normalized spacial score (nSPS) is 21.6. The molecule has 366 valence electrons. The molecule has 66 heavy (non-hydrogen) atoms. The van der Waals surface area contributed by atoms with E-state index in [2.05, 4.69) is 102 Å². The molecule has 0 radical (unpaired) electrons. The molecular weight excluding hydrogens is 829 g/mol. The lowest BCUT2D eigenvalue weighted by atomic mass is 9.80. The minimum atomic E-state index is -0.0828. The van der Waals surface area contributed by atoms with Crippen LogP contribution in [0.1, 0.15) is 135 Å². The lowest BCUT2D eigenvalue weighted by Crippen LogP contribution is -2.32. The minimum Gasteiger partial charge on any atom is -0.493 e. The Morgan fingerprint density at radius 1 is 0.439 bits per heavy atom. The Bertz CT molecular complexity index is 1810. The fourth-order valence-corrected chi connectivity index (χ4v) is 9.63. The highest BCUT2D eigenvalue weighted by molar-refractivity contribution is 5.73. The Labute approximate surface area is 398 Å². The molecule has 0 N–H and O–H groups in total. The quantitative estimate of drug-likeness (QED) is 0.0911. The van der Waals surface area contributed by atoms with Crippen LogP contribution in [0.5, 0.6) is 17.2 Å². The molecule has 0 saturated heterocycles. The first-order valence-corrected chi connectivity index (χ1v) is 25.1. The molecule has 3 aromatic rings. The Morgan fingerprint density at radius 2 is 0.848 bits per heavy atom. The first-order valence-electron chi connectivity index (χ1n) is 25.1. The second-order valence-corrected chi connectivity index (χ2v) is 20.3. The molecule has 0 amide bonds. The van der Waals surface area contributed by atoms with Crippen LogP contribution in [-0.4, -0.2) is 59.1 Å². The van der Waals surface area contributed by atoms with Crippen LogP contribution in [-0.2, 0) is 47.9 Å². The summed E-state index contributed by atoms with van der Waals surface area (Å²) in [4.78, 5) is 35.0. The van der Waals surface area contributed by atoms with Crippen LogP contribution in [0, 0.1) is 53.3 Å². The highest BCUT2D eigenvalue weighted by atomic mass is 16.5. The van der Waals surface area contributed by atoms with Gasteiger partial charge in [-0.3, -0.25) is 14.4 Å². The SMILES string of the molecule is COC(=O)C1CCC(COc2ccc(CC(C)C)cc2)CC1.COC(=O)[C@@H]1CCCC[C@H]1COc1ccc(CC(C)C)cc1.COC(=O)[C@H]1CCC[C@@H](COc2ccc(CC(C)C)cc2)C1. The Morgan fingerprint density at radius 3 is 1.29 bits per heavy atom. The lowest BCUT2D eigenvalue weighted by molar-refractivity contribution is -0.149. The maximum absolute atomic E-state index is 11.9. The third-order valence-corrected chi connectivity index (χ3v) is 13.2. The van der Waals surface area contributed by atoms with Crippen molar-refractivity contribution in [1.82, 2.24) is 0 Å². The second kappa shape index (κ2) is 29.3. The topological polar surface area (TPSA) is 107 Å². The predicted molar refractivity (Wildman–Crippen MR) is 264 cm³/mol. The van der Waals surface area contributed by atoms with Gasteiger partial charge < -0.3 is 28.4 Å². The molecule has 0 unspecified atom stereocenters. The summed E-state index contributed by atoms with van der Waals surface area (Å²) in [5.41, 5.74) is 4.05. The van der Waals surface area contributed by atoms with Crippen molar-refractivity contribution in [1.29, 1.82) is 0 Å². The van der Waals surface area contributed by atoms with Gasteiger partial charge in [0.1, 0.15) is 17.2 Å². The number of hydrogen-bond donors (Lipinski definition) is 0. The van der Waals surface area contributed by atoms with Crippen molar-refractivity contribution in [2.45, 2.75) is 138 Å². The van der Waals surface area contributed by atoms with E-state index in [1.165, 1.54) is 44.4 Å². The summed E-state index contributed by atoms with van der Waals surface area (Å²) in [6, 6.07) is 25.2. The summed E-state index contributed by atoms with van der Waals surface area (Å²) in [5, 5.41) is 0. The highest BCUT2D eigenvalue weighted by Crippen LogP contribution is 2.33. The van der Waals surface area contributed by atoms with Crippen LogP contribution in [0.25, 0.3) is 0 Å². The zero-order valence-electron chi connectivity index (χ0n) is 42.0. The van der Waals surface area contributed by atoms with E-state index >= 15 is 0 Å². The molecule has 4 atom stereocenters. The maximum Gasteiger partial charge on any atom is 0.309 e. The molecule has 0 bridgehead atoms. The van der Waals surface area contributed by atoms with Crippen molar-refractivity contribution < 1.29 is 42.8 Å². The van der Waals surface area contributed by atoms with E-state index in [1.54, 1.807) is 0 Å². The van der Waals surface area contributed by atoms with Crippen LogP contribution in [0.2, 0.25) is 0 Å². The smallest absolute Gasteiger partial charge is 0.309 e.